The Morgan fingerprint density at radius 1 is 0.939 bits per heavy atom. The van der Waals surface area contributed by atoms with Crippen molar-refractivity contribution >= 4 is 23.6 Å². The van der Waals surface area contributed by atoms with Gasteiger partial charge in [-0.2, -0.15) is 5.26 Å². The van der Waals surface area contributed by atoms with E-state index in [4.69, 9.17) is 9.47 Å². The first-order valence-electron chi connectivity index (χ1n) is 10.2. The van der Waals surface area contributed by atoms with E-state index in [2.05, 4.69) is 5.32 Å². The van der Waals surface area contributed by atoms with Crippen molar-refractivity contribution < 1.29 is 24.2 Å². The van der Waals surface area contributed by atoms with Gasteiger partial charge in [0.15, 0.2) is 0 Å². The number of carbonyl (C=O) groups excluding carboxylic acids is 2. The minimum atomic E-state index is -1.23. The van der Waals surface area contributed by atoms with Gasteiger partial charge in [0.05, 0.1) is 12.6 Å². The Bertz CT molecular complexity index is 1180. The molecule has 0 spiro atoms. The second-order valence-electron chi connectivity index (χ2n) is 6.92. The number of nitrogens with zero attached hydrogens (tertiary/aromatic N) is 1. The smallest absolute Gasteiger partial charge is 0.266 e. The minimum absolute atomic E-state index is 0.0365. The zero-order valence-electron chi connectivity index (χ0n) is 17.9. The van der Waals surface area contributed by atoms with Gasteiger partial charge in [0.2, 0.25) is 0 Å². The van der Waals surface area contributed by atoms with Gasteiger partial charge in [-0.25, -0.2) is 0 Å². The summed E-state index contributed by atoms with van der Waals surface area (Å²) in [6.07, 6.45) is 1.49. The van der Waals surface area contributed by atoms with Gasteiger partial charge in [-0.05, 0) is 66.1 Å². The van der Waals surface area contributed by atoms with Gasteiger partial charge < -0.3 is 24.7 Å². The lowest BCUT2D eigenvalue weighted by molar-refractivity contribution is -0.255. The van der Waals surface area contributed by atoms with Crippen LogP contribution in [0.25, 0.3) is 6.08 Å². The van der Waals surface area contributed by atoms with E-state index in [9.17, 15) is 20.0 Å². The van der Waals surface area contributed by atoms with Crippen molar-refractivity contribution in [3.05, 3.63) is 95.1 Å². The predicted molar refractivity (Wildman–Crippen MR) is 121 cm³/mol. The number of carboxylic acid groups (broad SMARTS) is 1. The molecule has 166 valence electrons. The van der Waals surface area contributed by atoms with Crippen molar-refractivity contribution in [2.24, 2.45) is 0 Å². The van der Waals surface area contributed by atoms with Crippen LogP contribution >= 0.6 is 0 Å². The third kappa shape index (κ3) is 6.71. The molecule has 0 radical (unpaired) electrons. The number of hydrogen-bond donors (Lipinski definition) is 1. The Balaban J connectivity index is 1.59. The van der Waals surface area contributed by atoms with Crippen LogP contribution in [-0.4, -0.2) is 18.5 Å². The zero-order chi connectivity index (χ0) is 23.6. The highest BCUT2D eigenvalue weighted by Crippen LogP contribution is 2.19. The molecule has 0 saturated carbocycles. The highest BCUT2D eigenvalue weighted by Gasteiger charge is 2.10. The van der Waals surface area contributed by atoms with E-state index in [0.29, 0.717) is 29.4 Å². The van der Waals surface area contributed by atoms with E-state index in [1.54, 1.807) is 60.7 Å². The molecule has 0 aliphatic carbocycles. The Hall–Kier alpha value is -4.57. The predicted octanol–water partition coefficient (Wildman–Crippen LogP) is 3.57. The van der Waals surface area contributed by atoms with Gasteiger partial charge in [0.1, 0.15) is 29.7 Å². The number of hydrogen-bond acceptors (Lipinski definition) is 6. The molecule has 1 amide bonds. The number of amides is 1. The molecule has 3 aromatic carbocycles. The zero-order valence-corrected chi connectivity index (χ0v) is 17.9. The molecule has 7 nitrogen and oxygen atoms in total. The second kappa shape index (κ2) is 11.2. The molecule has 3 rings (SSSR count). The summed E-state index contributed by atoms with van der Waals surface area (Å²) in [6, 6.07) is 22.0. The fourth-order valence-corrected chi connectivity index (χ4v) is 2.88. The molecule has 0 saturated heterocycles. The molecule has 0 aromatic heterocycles. The minimum Gasteiger partial charge on any atom is -0.545 e. The van der Waals surface area contributed by atoms with Gasteiger partial charge in [0, 0.05) is 5.69 Å². The van der Waals surface area contributed by atoms with Crippen LogP contribution in [0.2, 0.25) is 0 Å². The number of ether oxygens (including phenoxy) is 2. The third-order valence-corrected chi connectivity index (χ3v) is 4.57. The van der Waals surface area contributed by atoms with Crippen LogP contribution in [-0.2, 0) is 11.4 Å². The maximum Gasteiger partial charge on any atom is 0.266 e. The number of nitriles is 1. The quantitative estimate of drug-likeness (QED) is 0.401. The summed E-state index contributed by atoms with van der Waals surface area (Å²) in [5.41, 5.74) is 2.10. The lowest BCUT2D eigenvalue weighted by Gasteiger charge is -2.08. The fraction of sp³-hybridized carbons (Fsp3) is 0.115. The Labute approximate surface area is 191 Å². The molecular formula is C26H21N2O5-. The molecule has 0 fully saturated rings. The molecule has 0 bridgehead atoms. The van der Waals surface area contributed by atoms with Gasteiger partial charge in [-0.15, -0.1) is 0 Å². The summed E-state index contributed by atoms with van der Waals surface area (Å²) < 4.78 is 11.1. The molecule has 0 aliphatic rings. The fourth-order valence-electron chi connectivity index (χ4n) is 2.88. The number of aromatic carboxylic acids is 1. The monoisotopic (exact) mass is 441 g/mol. The van der Waals surface area contributed by atoms with Crippen LogP contribution in [0.4, 0.5) is 5.69 Å². The topological polar surface area (TPSA) is 111 Å². The molecule has 3 aromatic rings. The average Bonchev–Trinajstić information content (AvgIpc) is 2.83. The van der Waals surface area contributed by atoms with Crippen LogP contribution < -0.4 is 19.9 Å². The largest absolute Gasteiger partial charge is 0.545 e. The number of benzene rings is 3. The molecular weight excluding hydrogens is 420 g/mol. The number of carbonyl (C=O) groups is 2. The summed E-state index contributed by atoms with van der Waals surface area (Å²) in [5, 5.41) is 22.9. The molecule has 33 heavy (non-hydrogen) atoms. The summed E-state index contributed by atoms with van der Waals surface area (Å²) in [6.45, 7) is 2.70. The van der Waals surface area contributed by atoms with E-state index in [1.165, 1.54) is 18.2 Å². The highest BCUT2D eigenvalue weighted by atomic mass is 16.5. The molecule has 0 atom stereocenters. The van der Waals surface area contributed by atoms with Gasteiger partial charge in [-0.3, -0.25) is 4.79 Å². The standard InChI is InChI=1S/C26H22N2O5/c1-2-32-23-13-9-22(10-14-23)28-25(29)21(16-27)15-18-5-11-24(12-6-18)33-17-19-3-7-20(8-4-19)26(30)31/h3-15H,2,17H2,1H3,(H,28,29)(H,30,31)/p-1/b21-15+. The highest BCUT2D eigenvalue weighted by molar-refractivity contribution is 6.09. The van der Waals surface area contributed by atoms with Gasteiger partial charge >= 0.3 is 0 Å². The van der Waals surface area contributed by atoms with Gasteiger partial charge in [-0.1, -0.05) is 36.4 Å². The van der Waals surface area contributed by atoms with Crippen molar-refractivity contribution in [1.29, 1.82) is 5.26 Å². The maximum atomic E-state index is 12.5. The second-order valence-corrected chi connectivity index (χ2v) is 6.92. The number of anilines is 1. The lowest BCUT2D eigenvalue weighted by Crippen LogP contribution is -2.22. The summed E-state index contributed by atoms with van der Waals surface area (Å²) >= 11 is 0. The first-order chi connectivity index (χ1) is 16.0. The van der Waals surface area contributed by atoms with Crippen LogP contribution in [0, 0.1) is 11.3 Å². The molecule has 0 heterocycles. The van der Waals surface area contributed by atoms with Crippen LogP contribution in [0.1, 0.15) is 28.4 Å². The van der Waals surface area contributed by atoms with E-state index in [1.807, 2.05) is 13.0 Å². The number of carboxylic acids is 1. The molecule has 0 unspecified atom stereocenters. The maximum absolute atomic E-state index is 12.5. The summed E-state index contributed by atoms with van der Waals surface area (Å²) in [5.74, 6) is -0.449. The molecule has 0 aliphatic heterocycles. The first-order valence-corrected chi connectivity index (χ1v) is 10.2. The van der Waals surface area contributed by atoms with E-state index < -0.39 is 11.9 Å². The van der Waals surface area contributed by atoms with Crippen molar-refractivity contribution in [3.63, 3.8) is 0 Å². The molecule has 7 heteroatoms. The van der Waals surface area contributed by atoms with Crippen LogP contribution in [0.15, 0.2) is 78.4 Å². The summed E-state index contributed by atoms with van der Waals surface area (Å²) in [4.78, 5) is 23.2. The van der Waals surface area contributed by atoms with E-state index >= 15 is 0 Å². The third-order valence-electron chi connectivity index (χ3n) is 4.57. The van der Waals surface area contributed by atoms with Crippen molar-refractivity contribution in [2.45, 2.75) is 13.5 Å². The van der Waals surface area contributed by atoms with E-state index in [0.717, 1.165) is 5.56 Å². The Morgan fingerprint density at radius 3 is 2.12 bits per heavy atom. The summed E-state index contributed by atoms with van der Waals surface area (Å²) in [7, 11) is 0. The van der Waals surface area contributed by atoms with Crippen molar-refractivity contribution in [3.8, 4) is 17.6 Å². The average molecular weight is 441 g/mol. The number of rotatable bonds is 9. The SMILES string of the molecule is CCOc1ccc(NC(=O)/C(C#N)=C/c2ccc(OCc3ccc(C(=O)[O-])cc3)cc2)cc1. The van der Waals surface area contributed by atoms with Crippen LogP contribution in [0.5, 0.6) is 11.5 Å². The Kier molecular flexibility index (Phi) is 7.81. The van der Waals surface area contributed by atoms with Gasteiger partial charge in [0.25, 0.3) is 5.91 Å². The number of nitrogens with one attached hydrogen (secondary N) is 1. The van der Waals surface area contributed by atoms with Crippen LogP contribution in [0.3, 0.4) is 0 Å². The normalized spacial score (nSPS) is 10.7. The Morgan fingerprint density at radius 2 is 1.55 bits per heavy atom. The lowest BCUT2D eigenvalue weighted by atomic mass is 10.1. The van der Waals surface area contributed by atoms with Crippen molar-refractivity contribution in [2.75, 3.05) is 11.9 Å². The molecule has 1 N–H and O–H groups in total. The van der Waals surface area contributed by atoms with Crippen molar-refractivity contribution in [1.82, 2.24) is 0 Å². The van der Waals surface area contributed by atoms with E-state index in [-0.39, 0.29) is 17.7 Å². The first kappa shape index (κ1) is 23.1.